The third-order valence-corrected chi connectivity index (χ3v) is 7.52. The van der Waals surface area contributed by atoms with Crippen LogP contribution in [0.25, 0.3) is 0 Å². The summed E-state index contributed by atoms with van der Waals surface area (Å²) in [6.07, 6.45) is 23.8. The molecule has 37 heavy (non-hydrogen) atoms. The molecule has 3 aliphatic heterocycles. The maximum Gasteiger partial charge on any atom is 0.330 e. The minimum absolute atomic E-state index is 0.0134. The Morgan fingerprint density at radius 1 is 1.14 bits per heavy atom. The average molecular weight is 529 g/mol. The van der Waals surface area contributed by atoms with Gasteiger partial charge in [-0.15, -0.1) is 0 Å². The van der Waals surface area contributed by atoms with Crippen molar-refractivity contribution in [1.29, 1.82) is 0 Å². The number of esters is 1. The first kappa shape index (κ1) is 29.8. The number of rotatable bonds is 4. The van der Waals surface area contributed by atoms with E-state index in [1.807, 2.05) is 6.08 Å². The molecule has 3 aliphatic rings. The summed E-state index contributed by atoms with van der Waals surface area (Å²) < 4.78 is 23.7. The molecule has 0 aromatic heterocycles. The molecule has 6 heteroatoms. The highest BCUT2D eigenvalue weighted by Crippen LogP contribution is 2.27. The van der Waals surface area contributed by atoms with Gasteiger partial charge in [0.25, 0.3) is 0 Å². The fourth-order valence-corrected chi connectivity index (χ4v) is 5.30. The van der Waals surface area contributed by atoms with E-state index in [0.717, 1.165) is 32.1 Å². The van der Waals surface area contributed by atoms with Crippen LogP contribution in [0.2, 0.25) is 0 Å². The van der Waals surface area contributed by atoms with Crippen molar-refractivity contribution in [2.24, 2.45) is 11.8 Å². The lowest BCUT2D eigenvalue weighted by Gasteiger charge is -2.28. The zero-order valence-electron chi connectivity index (χ0n) is 22.7. The molecule has 0 saturated heterocycles. The SMILES string of the molecule is C=C1CC(C)CC2CC=CC(C/C=C\C(=O)OC(C(C)/C=C/C3CC(C)=CCO3)C/C=C\C(OP)C1)O2. The minimum Gasteiger partial charge on any atom is -0.458 e. The predicted octanol–water partition coefficient (Wildman–Crippen LogP) is 6.98. The lowest BCUT2D eigenvalue weighted by molar-refractivity contribution is -0.144. The number of hydrogen-bond donors (Lipinski definition) is 0. The second-order valence-corrected chi connectivity index (χ2v) is 11.1. The molecule has 0 saturated carbocycles. The number of fused-ring (bicyclic) bond motifs is 2. The molecule has 0 aliphatic carbocycles. The maximum atomic E-state index is 12.7. The van der Waals surface area contributed by atoms with Crippen LogP contribution >= 0.6 is 9.47 Å². The zero-order chi connectivity index (χ0) is 26.6. The number of hydrogen-bond acceptors (Lipinski definition) is 5. The molecule has 0 fully saturated rings. The van der Waals surface area contributed by atoms with Crippen molar-refractivity contribution in [3.8, 4) is 0 Å². The van der Waals surface area contributed by atoms with E-state index in [9.17, 15) is 4.79 Å². The molecule has 0 spiro atoms. The van der Waals surface area contributed by atoms with E-state index in [0.29, 0.717) is 25.4 Å². The number of cyclic esters (lactones) is 1. The average Bonchev–Trinajstić information content (AvgIpc) is 2.85. The van der Waals surface area contributed by atoms with E-state index in [-0.39, 0.29) is 42.4 Å². The summed E-state index contributed by atoms with van der Waals surface area (Å²) in [6, 6.07) is 0. The van der Waals surface area contributed by atoms with Crippen LogP contribution in [0.15, 0.2) is 72.4 Å². The molecule has 0 aromatic rings. The highest BCUT2D eigenvalue weighted by atomic mass is 31.0. The van der Waals surface area contributed by atoms with Crippen molar-refractivity contribution in [2.45, 2.75) is 96.2 Å². The van der Waals surface area contributed by atoms with Crippen molar-refractivity contribution in [3.05, 3.63) is 72.4 Å². The smallest absolute Gasteiger partial charge is 0.330 e. The summed E-state index contributed by atoms with van der Waals surface area (Å²) in [7, 11) is 2.38. The van der Waals surface area contributed by atoms with Crippen molar-refractivity contribution in [1.82, 2.24) is 0 Å². The third-order valence-electron chi connectivity index (χ3n) is 7.17. The molecule has 0 N–H and O–H groups in total. The van der Waals surface area contributed by atoms with E-state index in [1.165, 1.54) is 17.2 Å². The topological polar surface area (TPSA) is 54.0 Å². The predicted molar refractivity (Wildman–Crippen MR) is 153 cm³/mol. The largest absolute Gasteiger partial charge is 0.458 e. The molecule has 5 nitrogen and oxygen atoms in total. The standard InChI is InChI=1S/C31H45O5P/c1-22-16-17-33-27(19-22)15-14-25(4)30-12-6-11-29(36-37)21-24(3)18-23(2)20-28-10-5-8-26(34-28)9-7-13-31(32)35-30/h5-8,11,13-16,23,25-30H,3,9-10,12,17-21,37H2,1-2,4H3/b11-6-,13-7-,15-14+. The van der Waals surface area contributed by atoms with Crippen LogP contribution in [0.5, 0.6) is 0 Å². The molecule has 0 amide bonds. The van der Waals surface area contributed by atoms with E-state index in [2.05, 4.69) is 79.3 Å². The molecule has 3 rings (SSSR count). The van der Waals surface area contributed by atoms with Gasteiger partial charge in [0.15, 0.2) is 0 Å². The second-order valence-electron chi connectivity index (χ2n) is 10.8. The first-order valence-electron chi connectivity index (χ1n) is 13.7. The zero-order valence-corrected chi connectivity index (χ0v) is 23.9. The van der Waals surface area contributed by atoms with Crippen LogP contribution in [0, 0.1) is 11.8 Å². The number of carbonyl (C=O) groups excluding carboxylic acids is 1. The molecular formula is C31H45O5P. The molecule has 3 heterocycles. The van der Waals surface area contributed by atoms with E-state index >= 15 is 0 Å². The molecule has 204 valence electrons. The van der Waals surface area contributed by atoms with Gasteiger partial charge in [-0.1, -0.05) is 80.2 Å². The van der Waals surface area contributed by atoms with E-state index < -0.39 is 0 Å². The van der Waals surface area contributed by atoms with Gasteiger partial charge >= 0.3 is 5.97 Å². The van der Waals surface area contributed by atoms with E-state index in [1.54, 1.807) is 0 Å². The summed E-state index contributed by atoms with van der Waals surface area (Å²) >= 11 is 0. The quantitative estimate of drug-likeness (QED) is 0.224. The molecule has 2 bridgehead atoms. The summed E-state index contributed by atoms with van der Waals surface area (Å²) in [5.74, 6) is 0.177. The summed E-state index contributed by atoms with van der Waals surface area (Å²) in [5.41, 5.74) is 2.51. The molecule has 8 atom stereocenters. The molecule has 8 unspecified atom stereocenters. The summed E-state index contributed by atoms with van der Waals surface area (Å²) in [4.78, 5) is 12.7. The van der Waals surface area contributed by atoms with Crippen LogP contribution in [0.3, 0.4) is 0 Å². The maximum absolute atomic E-state index is 12.7. The van der Waals surface area contributed by atoms with Gasteiger partial charge in [-0.05, 0) is 51.4 Å². The van der Waals surface area contributed by atoms with Crippen molar-refractivity contribution in [2.75, 3.05) is 6.61 Å². The van der Waals surface area contributed by atoms with Crippen LogP contribution in [0.4, 0.5) is 0 Å². The molecule has 0 aromatic carbocycles. The second kappa shape index (κ2) is 15.6. The fourth-order valence-electron chi connectivity index (χ4n) is 5.11. The van der Waals surface area contributed by atoms with Gasteiger partial charge in [0.05, 0.1) is 31.0 Å². The Labute approximate surface area is 226 Å². The first-order chi connectivity index (χ1) is 17.8. The highest BCUT2D eigenvalue weighted by molar-refractivity contribution is 7.09. The Morgan fingerprint density at radius 3 is 2.73 bits per heavy atom. The van der Waals surface area contributed by atoms with Gasteiger partial charge in [-0.2, -0.15) is 0 Å². The van der Waals surface area contributed by atoms with E-state index in [4.69, 9.17) is 18.7 Å². The molecular weight excluding hydrogens is 483 g/mol. The van der Waals surface area contributed by atoms with Gasteiger partial charge in [0.2, 0.25) is 0 Å². The molecule has 0 radical (unpaired) electrons. The van der Waals surface area contributed by atoms with Gasteiger partial charge in [0.1, 0.15) is 6.10 Å². The summed E-state index contributed by atoms with van der Waals surface area (Å²) in [5, 5.41) is 0. The lowest BCUT2D eigenvalue weighted by Crippen LogP contribution is -2.26. The van der Waals surface area contributed by atoms with Crippen molar-refractivity contribution in [3.63, 3.8) is 0 Å². The highest BCUT2D eigenvalue weighted by Gasteiger charge is 2.22. The number of carbonyl (C=O) groups is 1. The third kappa shape index (κ3) is 10.9. The Bertz CT molecular complexity index is 901. The minimum atomic E-state index is -0.329. The first-order valence-corrected chi connectivity index (χ1v) is 14.1. The van der Waals surface area contributed by atoms with Gasteiger partial charge in [-0.25, -0.2) is 4.79 Å². The normalized spacial score (nSPS) is 35.2. The fraction of sp³-hybridized carbons (Fsp3) is 0.581. The van der Waals surface area contributed by atoms with Gasteiger partial charge < -0.3 is 18.7 Å². The van der Waals surface area contributed by atoms with Crippen LogP contribution in [-0.4, -0.2) is 43.1 Å². The van der Waals surface area contributed by atoms with Crippen LogP contribution in [0.1, 0.15) is 65.7 Å². The van der Waals surface area contributed by atoms with Crippen molar-refractivity contribution >= 4 is 15.4 Å². The monoisotopic (exact) mass is 528 g/mol. The van der Waals surface area contributed by atoms with Gasteiger partial charge in [0, 0.05) is 27.9 Å². The lowest BCUT2D eigenvalue weighted by atomic mass is 9.91. The Morgan fingerprint density at radius 2 is 1.95 bits per heavy atom. The van der Waals surface area contributed by atoms with Crippen LogP contribution < -0.4 is 0 Å². The summed E-state index contributed by atoms with van der Waals surface area (Å²) in [6.45, 7) is 11.4. The Kier molecular flexibility index (Phi) is 12.5. The van der Waals surface area contributed by atoms with Crippen molar-refractivity contribution < 1.29 is 23.5 Å². The van der Waals surface area contributed by atoms with Gasteiger partial charge in [-0.3, -0.25) is 0 Å². The Balaban J connectivity index is 1.72. The van der Waals surface area contributed by atoms with Crippen LogP contribution in [-0.2, 0) is 23.5 Å². The number of ether oxygens (including phenoxy) is 3. The Hall–Kier alpha value is -1.78.